The summed E-state index contributed by atoms with van der Waals surface area (Å²) in [5.74, 6) is 1.25. The Morgan fingerprint density at radius 2 is 2.00 bits per heavy atom. The van der Waals surface area contributed by atoms with E-state index in [4.69, 9.17) is 15.5 Å². The fourth-order valence-corrected chi connectivity index (χ4v) is 4.67. The smallest absolute Gasteiger partial charge is 0.227 e. The van der Waals surface area contributed by atoms with E-state index in [1.54, 1.807) is 13.3 Å². The average Bonchev–Trinajstić information content (AvgIpc) is 3.19. The summed E-state index contributed by atoms with van der Waals surface area (Å²) in [6, 6.07) is 15.0. The number of rotatable bonds is 8. The molecular weight excluding hydrogens is 450 g/mol. The van der Waals surface area contributed by atoms with E-state index in [0.717, 1.165) is 57.9 Å². The predicted octanol–water partition coefficient (Wildman–Crippen LogP) is 4.11. The van der Waals surface area contributed by atoms with Crippen molar-refractivity contribution in [2.24, 2.45) is 12.8 Å². The van der Waals surface area contributed by atoms with Gasteiger partial charge < -0.3 is 30.2 Å². The number of benzene rings is 2. The summed E-state index contributed by atoms with van der Waals surface area (Å²) in [5.41, 5.74) is 11.9. The Morgan fingerprint density at radius 3 is 2.75 bits per heavy atom. The zero-order chi connectivity index (χ0) is 25.2. The molecule has 36 heavy (non-hydrogen) atoms. The number of hydrogen-bond donors (Lipinski definition) is 2. The number of likely N-dealkylation sites (N-methyl/N-ethyl adjacent to an activating group) is 1. The van der Waals surface area contributed by atoms with Crippen LogP contribution < -0.4 is 20.7 Å². The monoisotopic (exact) mass is 483 g/mol. The number of aryl methyl sites for hydroxylation is 1. The molecule has 1 aliphatic rings. The standard InChI is InChI=1S/C28H33N7O/c1-33(2)20-16-35(17-20)26-15-27(36-4)24(14-19(26)8-7-12-29)32-28-30-13-11-23(31-28)22-18-34(3)25-10-6-5-9-21(22)25/h5-11,13-15,18,20H,12,16-17,29H2,1-4H3,(H,30,31,32). The number of nitrogens with zero attached hydrogens (tertiary/aromatic N) is 5. The van der Waals surface area contributed by atoms with Crippen molar-refractivity contribution in [2.45, 2.75) is 6.04 Å². The molecule has 3 heterocycles. The van der Waals surface area contributed by atoms with Crippen LogP contribution in [0.1, 0.15) is 5.56 Å². The number of hydrogen-bond acceptors (Lipinski definition) is 7. The van der Waals surface area contributed by atoms with Crippen molar-refractivity contribution >= 4 is 34.3 Å². The van der Waals surface area contributed by atoms with Gasteiger partial charge in [0, 0.05) is 73.3 Å². The molecule has 2 aromatic heterocycles. The molecule has 0 radical (unpaired) electrons. The Morgan fingerprint density at radius 1 is 1.19 bits per heavy atom. The quantitative estimate of drug-likeness (QED) is 0.390. The first-order valence-electron chi connectivity index (χ1n) is 12.1. The molecule has 0 saturated carbocycles. The second-order valence-corrected chi connectivity index (χ2v) is 9.33. The van der Waals surface area contributed by atoms with Crippen LogP contribution >= 0.6 is 0 Å². The number of methoxy groups -OCH3 is 1. The lowest BCUT2D eigenvalue weighted by molar-refractivity contribution is 0.247. The zero-order valence-corrected chi connectivity index (χ0v) is 21.3. The first kappa shape index (κ1) is 23.8. The van der Waals surface area contributed by atoms with Gasteiger partial charge in [-0.1, -0.05) is 30.4 Å². The Labute approximate surface area is 212 Å². The molecule has 1 aliphatic heterocycles. The van der Waals surface area contributed by atoms with E-state index >= 15 is 0 Å². The molecule has 8 heteroatoms. The third-order valence-electron chi connectivity index (χ3n) is 6.79. The number of aromatic nitrogens is 3. The highest BCUT2D eigenvalue weighted by molar-refractivity contribution is 5.95. The van der Waals surface area contributed by atoms with Gasteiger partial charge in [0.1, 0.15) is 5.75 Å². The number of para-hydroxylation sites is 1. The van der Waals surface area contributed by atoms with E-state index in [1.807, 2.05) is 31.3 Å². The summed E-state index contributed by atoms with van der Waals surface area (Å²) < 4.78 is 7.90. The highest BCUT2D eigenvalue weighted by Crippen LogP contribution is 2.38. The number of fused-ring (bicyclic) bond motifs is 1. The third-order valence-corrected chi connectivity index (χ3v) is 6.79. The van der Waals surface area contributed by atoms with Crippen molar-refractivity contribution in [3.63, 3.8) is 0 Å². The molecule has 186 valence electrons. The van der Waals surface area contributed by atoms with Gasteiger partial charge in [0.05, 0.1) is 18.5 Å². The van der Waals surface area contributed by atoms with Crippen molar-refractivity contribution in [1.82, 2.24) is 19.4 Å². The molecule has 1 fully saturated rings. The third kappa shape index (κ3) is 4.53. The highest BCUT2D eigenvalue weighted by Gasteiger charge is 2.30. The predicted molar refractivity (Wildman–Crippen MR) is 148 cm³/mol. The lowest BCUT2D eigenvalue weighted by Gasteiger charge is -2.45. The molecule has 0 bridgehead atoms. The molecule has 8 nitrogen and oxygen atoms in total. The van der Waals surface area contributed by atoms with Crippen LogP contribution in [0.4, 0.5) is 17.3 Å². The van der Waals surface area contributed by atoms with E-state index < -0.39 is 0 Å². The van der Waals surface area contributed by atoms with Gasteiger partial charge in [0.15, 0.2) is 0 Å². The molecule has 0 aliphatic carbocycles. The van der Waals surface area contributed by atoms with Gasteiger partial charge in [-0.2, -0.15) is 0 Å². The number of nitrogens with one attached hydrogen (secondary N) is 1. The van der Waals surface area contributed by atoms with Gasteiger partial charge in [0.25, 0.3) is 0 Å². The van der Waals surface area contributed by atoms with Crippen molar-refractivity contribution in [2.75, 3.05) is 51.1 Å². The molecule has 3 N–H and O–H groups in total. The average molecular weight is 484 g/mol. The van der Waals surface area contributed by atoms with E-state index in [1.165, 1.54) is 0 Å². The topological polar surface area (TPSA) is 84.5 Å². The minimum absolute atomic E-state index is 0.477. The van der Waals surface area contributed by atoms with Crippen molar-refractivity contribution in [3.8, 4) is 17.0 Å². The van der Waals surface area contributed by atoms with Crippen LogP contribution in [-0.2, 0) is 7.05 Å². The van der Waals surface area contributed by atoms with E-state index in [2.05, 4.69) is 75.3 Å². The van der Waals surface area contributed by atoms with Crippen molar-refractivity contribution < 1.29 is 4.74 Å². The molecular formula is C28H33N7O. The van der Waals surface area contributed by atoms with E-state index in [0.29, 0.717) is 18.5 Å². The molecule has 1 saturated heterocycles. The van der Waals surface area contributed by atoms with E-state index in [9.17, 15) is 0 Å². The summed E-state index contributed by atoms with van der Waals surface area (Å²) in [6.45, 7) is 2.43. The maximum absolute atomic E-state index is 5.78. The summed E-state index contributed by atoms with van der Waals surface area (Å²) in [4.78, 5) is 14.0. The SMILES string of the molecule is COc1cc(N2CC(N(C)C)C2)c(C=CCN)cc1Nc1nccc(-c2cn(C)c3ccccc23)n1. The van der Waals surface area contributed by atoms with Crippen LogP contribution in [0.3, 0.4) is 0 Å². The lowest BCUT2D eigenvalue weighted by atomic mass is 10.0. The molecule has 0 atom stereocenters. The van der Waals surface area contributed by atoms with Gasteiger partial charge in [0.2, 0.25) is 5.95 Å². The summed E-state index contributed by atoms with van der Waals surface area (Å²) >= 11 is 0. The van der Waals surface area contributed by atoms with Crippen molar-refractivity contribution in [1.29, 1.82) is 0 Å². The maximum Gasteiger partial charge on any atom is 0.227 e. The first-order valence-corrected chi connectivity index (χ1v) is 12.1. The van der Waals surface area contributed by atoms with Crippen LogP contribution in [0.25, 0.3) is 28.2 Å². The van der Waals surface area contributed by atoms with Gasteiger partial charge >= 0.3 is 0 Å². The Kier molecular flexibility index (Phi) is 6.63. The lowest BCUT2D eigenvalue weighted by Crippen LogP contribution is -2.57. The molecule has 0 unspecified atom stereocenters. The number of anilines is 3. The Hall–Kier alpha value is -3.88. The summed E-state index contributed by atoms with van der Waals surface area (Å²) in [7, 11) is 7.98. The van der Waals surface area contributed by atoms with E-state index in [-0.39, 0.29) is 0 Å². The van der Waals surface area contributed by atoms with Crippen LogP contribution in [0.5, 0.6) is 5.75 Å². The van der Waals surface area contributed by atoms with Crippen LogP contribution in [0.2, 0.25) is 0 Å². The van der Waals surface area contributed by atoms with Gasteiger partial charge in [-0.25, -0.2) is 9.97 Å². The van der Waals surface area contributed by atoms with Crippen LogP contribution in [0.15, 0.2) is 60.9 Å². The normalized spacial score (nSPS) is 14.1. The zero-order valence-electron chi connectivity index (χ0n) is 21.3. The Balaban J connectivity index is 1.48. The highest BCUT2D eigenvalue weighted by atomic mass is 16.5. The largest absolute Gasteiger partial charge is 0.494 e. The fourth-order valence-electron chi connectivity index (χ4n) is 4.67. The molecule has 4 aromatic rings. The maximum atomic E-state index is 5.78. The van der Waals surface area contributed by atoms with Crippen LogP contribution in [0, 0.1) is 0 Å². The van der Waals surface area contributed by atoms with Crippen molar-refractivity contribution in [3.05, 3.63) is 66.5 Å². The second-order valence-electron chi connectivity index (χ2n) is 9.33. The molecule has 2 aromatic carbocycles. The summed E-state index contributed by atoms with van der Waals surface area (Å²) in [6.07, 6.45) is 7.92. The molecule has 5 rings (SSSR count). The minimum atomic E-state index is 0.477. The fraction of sp³-hybridized carbons (Fsp3) is 0.286. The molecule has 0 spiro atoms. The Bertz CT molecular complexity index is 1400. The summed E-state index contributed by atoms with van der Waals surface area (Å²) in [5, 5.41) is 4.55. The molecule has 0 amide bonds. The van der Waals surface area contributed by atoms with Gasteiger partial charge in [-0.05, 0) is 37.9 Å². The minimum Gasteiger partial charge on any atom is -0.494 e. The first-order chi connectivity index (χ1) is 17.5. The number of ether oxygens (including phenoxy) is 1. The number of nitrogens with two attached hydrogens (primary N) is 1. The van der Waals surface area contributed by atoms with Crippen LogP contribution in [-0.4, -0.2) is 66.3 Å². The second kappa shape index (κ2) is 10.0. The van der Waals surface area contributed by atoms with Gasteiger partial charge in [-0.3, -0.25) is 0 Å². The van der Waals surface area contributed by atoms with Gasteiger partial charge in [-0.15, -0.1) is 0 Å².